The van der Waals surface area contributed by atoms with E-state index in [1.807, 2.05) is 6.07 Å². The second-order valence-electron chi connectivity index (χ2n) is 5.74. The molecule has 23 heavy (non-hydrogen) atoms. The number of carbonyl (C=O) groups is 3. The van der Waals surface area contributed by atoms with Crippen molar-refractivity contribution in [1.82, 2.24) is 5.32 Å². The number of rotatable bonds is 6. The van der Waals surface area contributed by atoms with Crippen LogP contribution in [0.3, 0.4) is 0 Å². The Morgan fingerprint density at radius 3 is 2.78 bits per heavy atom. The predicted molar refractivity (Wildman–Crippen MR) is 86.2 cm³/mol. The van der Waals surface area contributed by atoms with Crippen LogP contribution in [0.4, 0.5) is 5.69 Å². The van der Waals surface area contributed by atoms with Crippen LogP contribution in [0.2, 0.25) is 0 Å². The van der Waals surface area contributed by atoms with Crippen molar-refractivity contribution in [3.63, 3.8) is 0 Å². The van der Waals surface area contributed by atoms with Crippen molar-refractivity contribution in [2.24, 2.45) is 0 Å². The Morgan fingerprint density at radius 1 is 1.35 bits per heavy atom. The van der Waals surface area contributed by atoms with Gasteiger partial charge in [-0.3, -0.25) is 14.4 Å². The number of carbonyl (C=O) groups excluding carboxylic acids is 3. The topological polar surface area (TPSA) is 75.7 Å². The van der Waals surface area contributed by atoms with Crippen LogP contribution in [-0.2, 0) is 14.3 Å². The molecule has 6 nitrogen and oxygen atoms in total. The fourth-order valence-corrected chi connectivity index (χ4v) is 2.44. The minimum Gasteiger partial charge on any atom is -0.463 e. The van der Waals surface area contributed by atoms with Crippen LogP contribution in [0.5, 0.6) is 0 Å². The van der Waals surface area contributed by atoms with Gasteiger partial charge in [-0.15, -0.1) is 0 Å². The molecule has 1 fully saturated rings. The Balaban J connectivity index is 1.90. The van der Waals surface area contributed by atoms with Gasteiger partial charge < -0.3 is 15.0 Å². The summed E-state index contributed by atoms with van der Waals surface area (Å²) < 4.78 is 5.00. The summed E-state index contributed by atoms with van der Waals surface area (Å²) in [5.41, 5.74) is 1.21. The molecule has 1 aromatic rings. The lowest BCUT2D eigenvalue weighted by atomic mass is 10.1. The van der Waals surface area contributed by atoms with Gasteiger partial charge in [0.05, 0.1) is 12.5 Å². The van der Waals surface area contributed by atoms with E-state index < -0.39 is 0 Å². The van der Waals surface area contributed by atoms with Crippen molar-refractivity contribution >= 4 is 23.5 Å². The quantitative estimate of drug-likeness (QED) is 0.813. The van der Waals surface area contributed by atoms with Gasteiger partial charge in [0.25, 0.3) is 5.91 Å². The minimum absolute atomic E-state index is 0.0824. The standard InChI is InChI=1S/C17H22N2O4/c1-12(2)23-16(21)8-9-18-17(22)13-5-3-6-14(11-13)19-10-4-7-15(19)20/h3,5-6,11-12H,4,7-10H2,1-2H3,(H,18,22). The highest BCUT2D eigenvalue weighted by Crippen LogP contribution is 2.22. The second-order valence-corrected chi connectivity index (χ2v) is 5.74. The zero-order valence-corrected chi connectivity index (χ0v) is 13.5. The fraction of sp³-hybridized carbons (Fsp3) is 0.471. The summed E-state index contributed by atoms with van der Waals surface area (Å²) in [4.78, 5) is 37.0. The molecule has 124 valence electrons. The van der Waals surface area contributed by atoms with E-state index >= 15 is 0 Å². The molecule has 2 rings (SSSR count). The monoisotopic (exact) mass is 318 g/mol. The SMILES string of the molecule is CC(C)OC(=O)CCNC(=O)c1cccc(N2CCCC2=O)c1. The van der Waals surface area contributed by atoms with Gasteiger partial charge in [-0.05, 0) is 38.5 Å². The lowest BCUT2D eigenvalue weighted by Gasteiger charge is -2.16. The molecule has 0 radical (unpaired) electrons. The lowest BCUT2D eigenvalue weighted by molar-refractivity contribution is -0.147. The highest BCUT2D eigenvalue weighted by Gasteiger charge is 2.22. The predicted octanol–water partition coefficient (Wildman–Crippen LogP) is 1.88. The average Bonchev–Trinajstić information content (AvgIpc) is 2.92. The van der Waals surface area contributed by atoms with E-state index in [0.29, 0.717) is 18.5 Å². The summed E-state index contributed by atoms with van der Waals surface area (Å²) in [6.45, 7) is 4.46. The smallest absolute Gasteiger partial charge is 0.307 e. The molecule has 0 atom stereocenters. The molecule has 6 heteroatoms. The van der Waals surface area contributed by atoms with Crippen molar-refractivity contribution in [3.8, 4) is 0 Å². The Kier molecular flexibility index (Phi) is 5.73. The van der Waals surface area contributed by atoms with Crippen molar-refractivity contribution in [2.45, 2.75) is 39.2 Å². The van der Waals surface area contributed by atoms with Gasteiger partial charge in [-0.2, -0.15) is 0 Å². The van der Waals surface area contributed by atoms with Crippen molar-refractivity contribution in [1.29, 1.82) is 0 Å². The third-order valence-electron chi connectivity index (χ3n) is 3.48. The molecule has 1 aromatic carbocycles. The average molecular weight is 318 g/mol. The summed E-state index contributed by atoms with van der Waals surface area (Å²) >= 11 is 0. The van der Waals surface area contributed by atoms with Crippen LogP contribution >= 0.6 is 0 Å². The van der Waals surface area contributed by atoms with Crippen molar-refractivity contribution in [2.75, 3.05) is 18.0 Å². The third-order valence-corrected chi connectivity index (χ3v) is 3.48. The molecule has 0 aliphatic carbocycles. The Bertz CT molecular complexity index is 598. The van der Waals surface area contributed by atoms with Gasteiger partial charge in [0.15, 0.2) is 0 Å². The van der Waals surface area contributed by atoms with Crippen LogP contribution in [-0.4, -0.2) is 37.0 Å². The van der Waals surface area contributed by atoms with Crippen LogP contribution < -0.4 is 10.2 Å². The Labute approximate surface area is 135 Å². The number of hydrogen-bond acceptors (Lipinski definition) is 4. The first kappa shape index (κ1) is 17.0. The fourth-order valence-electron chi connectivity index (χ4n) is 2.44. The number of hydrogen-bond donors (Lipinski definition) is 1. The van der Waals surface area contributed by atoms with Gasteiger partial charge in [0.2, 0.25) is 5.91 Å². The first-order valence-electron chi connectivity index (χ1n) is 7.85. The summed E-state index contributed by atoms with van der Waals surface area (Å²) in [6, 6.07) is 6.96. The van der Waals surface area contributed by atoms with E-state index in [-0.39, 0.29) is 36.9 Å². The van der Waals surface area contributed by atoms with E-state index in [4.69, 9.17) is 4.74 Å². The molecular weight excluding hydrogens is 296 g/mol. The van der Waals surface area contributed by atoms with Crippen LogP contribution in [0, 0.1) is 0 Å². The van der Waals surface area contributed by atoms with E-state index in [1.54, 1.807) is 36.9 Å². The summed E-state index contributed by atoms with van der Waals surface area (Å²) in [6.07, 6.45) is 1.36. The van der Waals surface area contributed by atoms with E-state index in [1.165, 1.54) is 0 Å². The van der Waals surface area contributed by atoms with E-state index in [0.717, 1.165) is 12.1 Å². The molecule has 1 N–H and O–H groups in total. The normalized spacial score (nSPS) is 14.2. The Morgan fingerprint density at radius 2 is 2.13 bits per heavy atom. The molecule has 1 heterocycles. The number of anilines is 1. The maximum atomic E-state index is 12.1. The van der Waals surface area contributed by atoms with Crippen LogP contribution in [0.1, 0.15) is 43.5 Å². The minimum atomic E-state index is -0.336. The molecule has 1 saturated heterocycles. The summed E-state index contributed by atoms with van der Waals surface area (Å²) in [7, 11) is 0. The molecule has 1 aliphatic rings. The Hall–Kier alpha value is -2.37. The largest absolute Gasteiger partial charge is 0.463 e. The number of nitrogens with one attached hydrogen (secondary N) is 1. The lowest BCUT2D eigenvalue weighted by Crippen LogP contribution is -2.28. The molecule has 2 amide bonds. The van der Waals surface area contributed by atoms with Crippen LogP contribution in [0.25, 0.3) is 0 Å². The zero-order valence-electron chi connectivity index (χ0n) is 13.5. The molecule has 1 aliphatic heterocycles. The number of amides is 2. The zero-order chi connectivity index (χ0) is 16.8. The number of ether oxygens (including phenoxy) is 1. The van der Waals surface area contributed by atoms with Crippen molar-refractivity contribution < 1.29 is 19.1 Å². The maximum Gasteiger partial charge on any atom is 0.307 e. The second kappa shape index (κ2) is 7.76. The van der Waals surface area contributed by atoms with Gasteiger partial charge in [0, 0.05) is 30.8 Å². The van der Waals surface area contributed by atoms with E-state index in [2.05, 4.69) is 5.32 Å². The molecule has 0 aromatic heterocycles. The molecular formula is C17H22N2O4. The summed E-state index contributed by atoms with van der Waals surface area (Å²) in [5, 5.41) is 2.69. The highest BCUT2D eigenvalue weighted by molar-refractivity contribution is 5.99. The van der Waals surface area contributed by atoms with Gasteiger partial charge >= 0.3 is 5.97 Å². The van der Waals surface area contributed by atoms with Gasteiger partial charge in [-0.25, -0.2) is 0 Å². The third kappa shape index (κ3) is 4.81. The number of esters is 1. The number of benzene rings is 1. The first-order chi connectivity index (χ1) is 11.0. The maximum absolute atomic E-state index is 12.1. The van der Waals surface area contributed by atoms with Gasteiger partial charge in [0.1, 0.15) is 0 Å². The highest BCUT2D eigenvalue weighted by atomic mass is 16.5. The molecule has 0 saturated carbocycles. The van der Waals surface area contributed by atoms with Crippen molar-refractivity contribution in [3.05, 3.63) is 29.8 Å². The van der Waals surface area contributed by atoms with E-state index in [9.17, 15) is 14.4 Å². The van der Waals surface area contributed by atoms with Gasteiger partial charge in [-0.1, -0.05) is 6.07 Å². The molecule has 0 spiro atoms. The molecule has 0 bridgehead atoms. The van der Waals surface area contributed by atoms with Crippen LogP contribution in [0.15, 0.2) is 24.3 Å². The number of nitrogens with zero attached hydrogens (tertiary/aromatic N) is 1. The first-order valence-corrected chi connectivity index (χ1v) is 7.85. The molecule has 0 unspecified atom stereocenters. The summed E-state index contributed by atoms with van der Waals surface area (Å²) in [5.74, 6) is -0.522.